The summed E-state index contributed by atoms with van der Waals surface area (Å²) in [6.45, 7) is -0.729. The van der Waals surface area contributed by atoms with E-state index in [1.165, 1.54) is 0 Å². The Hall–Kier alpha value is -1.97. The molecule has 1 aliphatic rings. The van der Waals surface area contributed by atoms with Gasteiger partial charge in [-0.1, -0.05) is 23.2 Å². The summed E-state index contributed by atoms with van der Waals surface area (Å²) >= 11 is 11.7. The maximum absolute atomic E-state index is 13.3. The third kappa shape index (κ3) is 3.89. The number of hydrogen-bond donors (Lipinski definition) is 2. The summed E-state index contributed by atoms with van der Waals surface area (Å²) in [6, 6.07) is 1.68. The Morgan fingerprint density at radius 1 is 1.38 bits per heavy atom. The second kappa shape index (κ2) is 7.73. The van der Waals surface area contributed by atoms with Gasteiger partial charge in [0.05, 0.1) is 47.1 Å². The molecule has 0 bridgehead atoms. The van der Waals surface area contributed by atoms with Crippen molar-refractivity contribution in [2.24, 2.45) is 0 Å². The molecule has 1 amide bonds. The molecule has 1 aliphatic heterocycles. The summed E-state index contributed by atoms with van der Waals surface area (Å²) in [5, 5.41) is 10.7. The Kier molecular flexibility index (Phi) is 6.05. The number of carbonyl (C=O) groups is 2. The fourth-order valence-electron chi connectivity index (χ4n) is 2.38. The number of nitrogens with zero attached hydrogens (tertiary/aromatic N) is 1. The van der Waals surface area contributed by atoms with Crippen molar-refractivity contribution in [2.75, 3.05) is 32.1 Å². The molecule has 2 N–H and O–H groups in total. The van der Waals surface area contributed by atoms with Gasteiger partial charge in [-0.15, -0.1) is 0 Å². The van der Waals surface area contributed by atoms with Gasteiger partial charge in [0, 0.05) is 6.54 Å². The molecule has 0 saturated carbocycles. The fourth-order valence-corrected chi connectivity index (χ4v) is 2.75. The van der Waals surface area contributed by atoms with Crippen LogP contribution in [0.2, 0.25) is 10.0 Å². The number of amides is 1. The molecule has 1 aromatic carbocycles. The number of anilines is 1. The fraction of sp³-hybridized carbons (Fsp3) is 0.333. The molecule has 0 aliphatic carbocycles. The number of benzene rings is 1. The number of nitrogens with one attached hydrogen (secondary N) is 1. The minimum Gasteiger partial charge on any atom is -0.466 e. The van der Waals surface area contributed by atoms with E-state index in [0.717, 1.165) is 18.1 Å². The number of aliphatic hydroxyl groups is 1. The summed E-state index contributed by atoms with van der Waals surface area (Å²) in [5.74, 6) is -1.67. The molecular formula is C15H13Cl2F3N2O4. The lowest BCUT2D eigenvalue weighted by molar-refractivity contribution is -0.137. The second-order valence-corrected chi connectivity index (χ2v) is 5.99. The van der Waals surface area contributed by atoms with E-state index in [-0.39, 0.29) is 30.3 Å². The Bertz CT molecular complexity index is 781. The molecule has 26 heavy (non-hydrogen) atoms. The van der Waals surface area contributed by atoms with Crippen molar-refractivity contribution in [2.45, 2.75) is 6.18 Å². The van der Waals surface area contributed by atoms with E-state index in [1.807, 2.05) is 0 Å². The SMILES string of the molecule is COC(=O)C1=C(Nc2c(C(F)(F)F)ccc(Cl)c2Cl)C(=O)N(CCO)C1. The van der Waals surface area contributed by atoms with E-state index in [0.29, 0.717) is 6.07 Å². The van der Waals surface area contributed by atoms with Gasteiger partial charge in [0.25, 0.3) is 5.91 Å². The number of halogens is 5. The molecule has 2 rings (SSSR count). The maximum atomic E-state index is 13.3. The third-order valence-electron chi connectivity index (χ3n) is 3.60. The highest BCUT2D eigenvalue weighted by atomic mass is 35.5. The first-order chi connectivity index (χ1) is 12.1. The number of methoxy groups -OCH3 is 1. The number of hydrogen-bond acceptors (Lipinski definition) is 5. The molecule has 0 radical (unpaired) electrons. The summed E-state index contributed by atoms with van der Waals surface area (Å²) in [7, 11) is 1.07. The van der Waals surface area contributed by atoms with Crippen LogP contribution in [0.1, 0.15) is 5.56 Å². The number of β-amino-alcohol motifs (C(OH)–C–C–N with tert-alkyl or cyclic N) is 1. The van der Waals surface area contributed by atoms with Crippen LogP contribution in [0.15, 0.2) is 23.4 Å². The van der Waals surface area contributed by atoms with E-state index in [4.69, 9.17) is 28.3 Å². The van der Waals surface area contributed by atoms with Gasteiger partial charge in [0.1, 0.15) is 5.70 Å². The normalized spacial score (nSPS) is 14.9. The van der Waals surface area contributed by atoms with Crippen LogP contribution < -0.4 is 5.32 Å². The summed E-state index contributed by atoms with van der Waals surface area (Å²) in [6.07, 6.45) is -4.78. The number of aliphatic hydroxyl groups excluding tert-OH is 1. The van der Waals surface area contributed by atoms with Crippen molar-refractivity contribution in [1.82, 2.24) is 4.90 Å². The highest BCUT2D eigenvalue weighted by Gasteiger charge is 2.39. The van der Waals surface area contributed by atoms with Gasteiger partial charge in [0.2, 0.25) is 0 Å². The van der Waals surface area contributed by atoms with Crippen LogP contribution in [0, 0.1) is 0 Å². The topological polar surface area (TPSA) is 78.9 Å². The molecule has 1 heterocycles. The lowest BCUT2D eigenvalue weighted by atomic mass is 10.1. The number of carbonyl (C=O) groups excluding carboxylic acids is 2. The first-order valence-corrected chi connectivity index (χ1v) is 7.91. The van der Waals surface area contributed by atoms with E-state index in [1.54, 1.807) is 0 Å². The molecule has 0 atom stereocenters. The van der Waals surface area contributed by atoms with Crippen LogP contribution in [0.25, 0.3) is 0 Å². The highest BCUT2D eigenvalue weighted by Crippen LogP contribution is 2.42. The Morgan fingerprint density at radius 2 is 2.04 bits per heavy atom. The molecule has 1 aromatic rings. The van der Waals surface area contributed by atoms with Crippen LogP contribution in [0.4, 0.5) is 18.9 Å². The molecule has 0 spiro atoms. The molecule has 0 saturated heterocycles. The zero-order chi connectivity index (χ0) is 19.6. The van der Waals surface area contributed by atoms with Crippen LogP contribution in [-0.4, -0.2) is 48.7 Å². The van der Waals surface area contributed by atoms with Crippen molar-refractivity contribution in [3.05, 3.63) is 39.0 Å². The Labute approximate surface area is 156 Å². The van der Waals surface area contributed by atoms with Crippen molar-refractivity contribution in [3.63, 3.8) is 0 Å². The molecule has 11 heteroatoms. The molecule has 142 valence electrons. The monoisotopic (exact) mass is 412 g/mol. The molecular weight excluding hydrogens is 400 g/mol. The van der Waals surface area contributed by atoms with E-state index >= 15 is 0 Å². The zero-order valence-corrected chi connectivity index (χ0v) is 14.8. The minimum absolute atomic E-state index is 0.111. The quantitative estimate of drug-likeness (QED) is 0.726. The molecule has 0 aromatic heterocycles. The van der Waals surface area contributed by atoms with E-state index < -0.39 is 40.0 Å². The lowest BCUT2D eigenvalue weighted by Gasteiger charge is -2.18. The van der Waals surface area contributed by atoms with Gasteiger partial charge in [-0.05, 0) is 12.1 Å². The predicted octanol–water partition coefficient (Wildman–Crippen LogP) is 2.69. The number of alkyl halides is 3. The van der Waals surface area contributed by atoms with Gasteiger partial charge in [-0.25, -0.2) is 4.79 Å². The maximum Gasteiger partial charge on any atom is 0.418 e. The van der Waals surface area contributed by atoms with Gasteiger partial charge >= 0.3 is 12.1 Å². The predicted molar refractivity (Wildman–Crippen MR) is 87.8 cm³/mol. The van der Waals surface area contributed by atoms with Gasteiger partial charge < -0.3 is 20.1 Å². The molecule has 6 nitrogen and oxygen atoms in total. The van der Waals surface area contributed by atoms with Crippen molar-refractivity contribution < 1.29 is 32.6 Å². The number of rotatable bonds is 5. The smallest absolute Gasteiger partial charge is 0.418 e. The zero-order valence-electron chi connectivity index (χ0n) is 13.3. The first-order valence-electron chi connectivity index (χ1n) is 7.15. The van der Waals surface area contributed by atoms with Crippen molar-refractivity contribution >= 4 is 40.8 Å². The average molecular weight is 413 g/mol. The highest BCUT2D eigenvalue weighted by molar-refractivity contribution is 6.44. The minimum atomic E-state index is -4.78. The van der Waals surface area contributed by atoms with Gasteiger partial charge in [-0.2, -0.15) is 13.2 Å². The Balaban J connectivity index is 2.55. The van der Waals surface area contributed by atoms with Crippen LogP contribution >= 0.6 is 23.2 Å². The van der Waals surface area contributed by atoms with Gasteiger partial charge in [0.15, 0.2) is 0 Å². The van der Waals surface area contributed by atoms with E-state index in [2.05, 4.69) is 10.1 Å². The lowest BCUT2D eigenvalue weighted by Crippen LogP contribution is -2.31. The van der Waals surface area contributed by atoms with Crippen molar-refractivity contribution in [3.8, 4) is 0 Å². The van der Waals surface area contributed by atoms with Crippen LogP contribution in [0.3, 0.4) is 0 Å². The molecule has 0 fully saturated rings. The van der Waals surface area contributed by atoms with Crippen LogP contribution in [0.5, 0.6) is 0 Å². The average Bonchev–Trinajstić information content (AvgIpc) is 2.87. The number of ether oxygens (including phenoxy) is 1. The van der Waals surface area contributed by atoms with Gasteiger partial charge in [-0.3, -0.25) is 4.79 Å². The third-order valence-corrected chi connectivity index (χ3v) is 4.41. The van der Waals surface area contributed by atoms with E-state index in [9.17, 15) is 22.8 Å². The Morgan fingerprint density at radius 3 is 2.58 bits per heavy atom. The summed E-state index contributed by atoms with van der Waals surface area (Å²) < 4.78 is 44.4. The van der Waals surface area contributed by atoms with Crippen molar-refractivity contribution in [1.29, 1.82) is 0 Å². The number of esters is 1. The standard InChI is InChI=1S/C15H13Cl2F3N2O4/c1-26-14(25)7-6-22(4-5-23)13(24)11(7)21-12-8(15(18,19)20)2-3-9(16)10(12)17/h2-3,21,23H,4-6H2,1H3. The summed E-state index contributed by atoms with van der Waals surface area (Å²) in [4.78, 5) is 25.4. The summed E-state index contributed by atoms with van der Waals surface area (Å²) in [5.41, 5.74) is -2.41. The first kappa shape index (κ1) is 20.3. The van der Waals surface area contributed by atoms with Crippen LogP contribution in [-0.2, 0) is 20.5 Å². The largest absolute Gasteiger partial charge is 0.466 e. The molecule has 0 unspecified atom stereocenters. The second-order valence-electron chi connectivity index (χ2n) is 5.20.